The molecule has 0 N–H and O–H groups in total. The molecule has 1 aliphatic heterocycles. The van der Waals surface area contributed by atoms with E-state index in [2.05, 4.69) is 67.7 Å². The van der Waals surface area contributed by atoms with Crippen molar-refractivity contribution in [2.75, 3.05) is 21.3 Å². The van der Waals surface area contributed by atoms with Crippen LogP contribution in [0, 0.1) is 0 Å². The number of carbonyl (C=O) groups excluding carboxylic acids is 4. The Labute approximate surface area is 369 Å². The number of benzene rings is 3. The first kappa shape index (κ1) is 49.7. The molecule has 2 atom stereocenters. The van der Waals surface area contributed by atoms with Crippen molar-refractivity contribution in [1.82, 2.24) is 0 Å². The van der Waals surface area contributed by atoms with Crippen LogP contribution >= 0.6 is 0 Å². The highest BCUT2D eigenvalue weighted by Crippen LogP contribution is 2.43. The number of carbonyl (C=O) groups is 4. The summed E-state index contributed by atoms with van der Waals surface area (Å²) >= 11 is 0. The van der Waals surface area contributed by atoms with Crippen LogP contribution in [-0.4, -0.2) is 67.3 Å². The van der Waals surface area contributed by atoms with Gasteiger partial charge in [0.2, 0.25) is 14.1 Å². The number of rotatable bonds is 19. The van der Waals surface area contributed by atoms with Crippen molar-refractivity contribution in [3.63, 3.8) is 0 Å². The Balaban J connectivity index is 1.72. The molecule has 0 bridgehead atoms. The number of allylic oxidation sites excluding steroid dienone is 1. The SMILES string of the molecule is COc1ccc(C(CC(=O)CC(=O)CC2=CC(=O)OC(C)(C)O2)OC(=O)c2c(CC(O[Si](C)(C)C(C)(C)C)c3ccc(O[Si](C)(C)C(C)(C)C)cc3)cc(OC)cc2OC)cc1. The summed E-state index contributed by atoms with van der Waals surface area (Å²) < 4.78 is 47.6. The molecule has 12 nitrogen and oxygen atoms in total. The predicted octanol–water partition coefficient (Wildman–Crippen LogP) is 10.8. The minimum absolute atomic E-state index is 0.0195. The first-order valence-electron chi connectivity index (χ1n) is 20.9. The molecular weight excluding hydrogens is 825 g/mol. The van der Waals surface area contributed by atoms with Crippen molar-refractivity contribution >= 4 is 40.1 Å². The zero-order valence-corrected chi connectivity index (χ0v) is 41.2. The second-order valence-corrected chi connectivity index (χ2v) is 28.7. The van der Waals surface area contributed by atoms with Gasteiger partial charge < -0.3 is 37.3 Å². The first-order valence-corrected chi connectivity index (χ1v) is 26.7. The highest BCUT2D eigenvalue weighted by molar-refractivity contribution is 6.75. The fourth-order valence-electron chi connectivity index (χ4n) is 6.32. The Bertz CT molecular complexity index is 2110. The van der Waals surface area contributed by atoms with Crippen LogP contribution in [-0.2, 0) is 39.4 Å². The third-order valence-corrected chi connectivity index (χ3v) is 20.7. The Morgan fingerprint density at radius 1 is 0.694 bits per heavy atom. The molecule has 3 aromatic rings. The first-order chi connectivity index (χ1) is 28.7. The summed E-state index contributed by atoms with van der Waals surface area (Å²) in [5, 5.41) is -0.113. The molecule has 0 spiro atoms. The Hall–Kier alpha value is -4.93. The lowest BCUT2D eigenvalue weighted by Crippen LogP contribution is -2.43. The van der Waals surface area contributed by atoms with E-state index in [4.69, 9.17) is 37.3 Å². The van der Waals surface area contributed by atoms with E-state index in [0.717, 1.165) is 17.4 Å². The monoisotopic (exact) mass is 890 g/mol. The minimum Gasteiger partial charge on any atom is -0.544 e. The number of hydrogen-bond acceptors (Lipinski definition) is 12. The minimum atomic E-state index is -2.42. The van der Waals surface area contributed by atoms with Crippen LogP contribution in [0.5, 0.6) is 23.0 Å². The van der Waals surface area contributed by atoms with E-state index in [1.54, 1.807) is 50.2 Å². The Morgan fingerprint density at radius 2 is 1.24 bits per heavy atom. The highest BCUT2D eigenvalue weighted by atomic mass is 28.4. The summed E-state index contributed by atoms with van der Waals surface area (Å²) in [6.45, 7) is 25.0. The van der Waals surface area contributed by atoms with E-state index in [0.29, 0.717) is 22.6 Å². The maximum absolute atomic E-state index is 14.7. The highest BCUT2D eigenvalue weighted by Gasteiger charge is 2.41. The van der Waals surface area contributed by atoms with E-state index >= 15 is 0 Å². The second kappa shape index (κ2) is 19.6. The third kappa shape index (κ3) is 13.1. The van der Waals surface area contributed by atoms with Crippen LogP contribution in [0.1, 0.15) is 114 Å². The van der Waals surface area contributed by atoms with Crippen molar-refractivity contribution < 1.29 is 56.5 Å². The predicted molar refractivity (Wildman–Crippen MR) is 243 cm³/mol. The number of esters is 2. The molecule has 0 radical (unpaired) electrons. The molecule has 14 heteroatoms. The zero-order valence-electron chi connectivity index (χ0n) is 39.2. The molecule has 0 aliphatic carbocycles. The molecule has 0 saturated carbocycles. The quantitative estimate of drug-likeness (QED) is 0.0642. The molecular formula is C48H66O12Si2. The van der Waals surface area contributed by atoms with Gasteiger partial charge in [-0.2, -0.15) is 0 Å². The summed E-state index contributed by atoms with van der Waals surface area (Å²) in [7, 11) is 0.0110. The molecule has 1 heterocycles. The largest absolute Gasteiger partial charge is 0.544 e. The van der Waals surface area contributed by atoms with Gasteiger partial charge in [-0.1, -0.05) is 65.8 Å². The molecule has 1 aliphatic rings. The lowest BCUT2D eigenvalue weighted by Gasteiger charge is -2.40. The van der Waals surface area contributed by atoms with Gasteiger partial charge in [0, 0.05) is 32.8 Å². The van der Waals surface area contributed by atoms with Crippen molar-refractivity contribution in [2.45, 2.75) is 135 Å². The van der Waals surface area contributed by atoms with Crippen LogP contribution in [0.15, 0.2) is 72.5 Å². The van der Waals surface area contributed by atoms with Gasteiger partial charge >= 0.3 is 11.9 Å². The van der Waals surface area contributed by atoms with Crippen LogP contribution in [0.4, 0.5) is 0 Å². The number of hydrogen-bond donors (Lipinski definition) is 0. The van der Waals surface area contributed by atoms with Gasteiger partial charge in [0.25, 0.3) is 0 Å². The summed E-state index contributed by atoms with van der Waals surface area (Å²) in [5.74, 6) is -1.46. The van der Waals surface area contributed by atoms with Gasteiger partial charge in [0.1, 0.15) is 52.0 Å². The molecule has 3 aromatic carbocycles. The van der Waals surface area contributed by atoms with E-state index < -0.39 is 64.6 Å². The topological polar surface area (TPSA) is 142 Å². The molecule has 62 heavy (non-hydrogen) atoms. The van der Waals surface area contributed by atoms with Crippen molar-refractivity contribution in [2.24, 2.45) is 0 Å². The molecule has 0 aromatic heterocycles. The number of methoxy groups -OCH3 is 3. The normalized spacial score (nSPS) is 15.3. The zero-order chi connectivity index (χ0) is 46.4. The Morgan fingerprint density at radius 3 is 1.76 bits per heavy atom. The van der Waals surface area contributed by atoms with E-state index in [9.17, 15) is 19.2 Å². The number of ketones is 2. The molecule has 0 fully saturated rings. The lowest BCUT2D eigenvalue weighted by molar-refractivity contribution is -0.205. The standard InChI is InChI=1S/C48H66O12Si2/c1-46(2,3)61(12,13)59-37-22-18-32(19-23-37)41(60-62(14,15)47(4,5)6)25-33-24-38(54-10)29-42(55-11)44(33)45(52)56-40(31-16-20-36(53-9)21-17-31)28-35(50)26-34(49)27-39-30-43(51)58-48(7,8)57-39/h16-24,29-30,40-41H,25-28H2,1-15H3. The summed E-state index contributed by atoms with van der Waals surface area (Å²) in [6, 6.07) is 18.2. The Kier molecular flexibility index (Phi) is 15.7. The smallest absolute Gasteiger partial charge is 0.342 e. The molecule has 338 valence electrons. The maximum atomic E-state index is 14.7. The van der Waals surface area contributed by atoms with Gasteiger partial charge in [0.05, 0.1) is 46.4 Å². The molecule has 0 saturated heterocycles. The molecule has 2 unspecified atom stereocenters. The molecule has 4 rings (SSSR count). The number of Topliss-reactive ketones (excluding diaryl/α,β-unsaturated/α-hetero) is 2. The van der Waals surface area contributed by atoms with Gasteiger partial charge in [-0.05, 0) is 83.3 Å². The van der Waals surface area contributed by atoms with Crippen LogP contribution < -0.4 is 18.6 Å². The fourth-order valence-corrected chi connectivity index (χ4v) is 8.64. The van der Waals surface area contributed by atoms with Crippen LogP contribution in [0.2, 0.25) is 36.3 Å². The van der Waals surface area contributed by atoms with Crippen molar-refractivity contribution in [3.05, 3.63) is 94.8 Å². The molecule has 0 amide bonds. The summed E-state index contributed by atoms with van der Waals surface area (Å²) in [4.78, 5) is 53.4. The van der Waals surface area contributed by atoms with Crippen LogP contribution in [0.25, 0.3) is 0 Å². The average Bonchev–Trinajstić information content (AvgIpc) is 3.15. The third-order valence-electron chi connectivity index (χ3n) is 11.8. The second-order valence-electron chi connectivity index (χ2n) is 19.2. The summed E-state index contributed by atoms with van der Waals surface area (Å²) in [6.07, 6.45) is -1.34. The van der Waals surface area contributed by atoms with Gasteiger partial charge in [-0.3, -0.25) is 9.59 Å². The summed E-state index contributed by atoms with van der Waals surface area (Å²) in [5.41, 5.74) is 2.11. The van der Waals surface area contributed by atoms with Gasteiger partial charge in [-0.25, -0.2) is 9.59 Å². The van der Waals surface area contributed by atoms with E-state index in [-0.39, 0.29) is 46.4 Å². The van der Waals surface area contributed by atoms with Crippen LogP contribution in [0.3, 0.4) is 0 Å². The maximum Gasteiger partial charge on any atom is 0.342 e. The van der Waals surface area contributed by atoms with Gasteiger partial charge in [0.15, 0.2) is 8.32 Å². The van der Waals surface area contributed by atoms with Gasteiger partial charge in [-0.15, -0.1) is 0 Å². The number of ether oxygens (including phenoxy) is 6. The average molecular weight is 891 g/mol. The fraction of sp³-hybridized carbons (Fsp3) is 0.500. The van der Waals surface area contributed by atoms with Crippen molar-refractivity contribution in [3.8, 4) is 23.0 Å². The van der Waals surface area contributed by atoms with Crippen molar-refractivity contribution in [1.29, 1.82) is 0 Å². The van der Waals surface area contributed by atoms with E-state index in [1.165, 1.54) is 21.3 Å². The lowest BCUT2D eigenvalue weighted by atomic mass is 9.96. The number of cyclic esters (lactones) is 1. The van der Waals surface area contributed by atoms with E-state index in [1.807, 2.05) is 24.3 Å².